The molecule has 0 aromatic heterocycles. The predicted octanol–water partition coefficient (Wildman–Crippen LogP) is 2.60. The van der Waals surface area contributed by atoms with Gasteiger partial charge in [0.25, 0.3) is 0 Å². The number of rotatable bonds is 3. The molecule has 2 aliphatic heterocycles. The van der Waals surface area contributed by atoms with E-state index in [-0.39, 0.29) is 6.04 Å². The summed E-state index contributed by atoms with van der Waals surface area (Å²) in [7, 11) is 0. The molecular weight excluding hydrogens is 276 g/mol. The van der Waals surface area contributed by atoms with Crippen molar-refractivity contribution in [2.75, 3.05) is 32.8 Å². The van der Waals surface area contributed by atoms with Gasteiger partial charge in [0.2, 0.25) is 0 Å². The molecule has 1 fully saturated rings. The van der Waals surface area contributed by atoms with Gasteiger partial charge >= 0.3 is 0 Å². The summed E-state index contributed by atoms with van der Waals surface area (Å²) in [6.45, 7) is 4.13. The summed E-state index contributed by atoms with van der Waals surface area (Å²) in [5, 5.41) is 0.622. The number of nitrogens with two attached hydrogens (primary N) is 1. The van der Waals surface area contributed by atoms with Crippen LogP contribution in [0, 0.1) is 0 Å². The van der Waals surface area contributed by atoms with Gasteiger partial charge in [-0.1, -0.05) is 11.6 Å². The van der Waals surface area contributed by atoms with Crippen LogP contribution >= 0.6 is 11.6 Å². The fourth-order valence-electron chi connectivity index (χ4n) is 2.99. The lowest BCUT2D eigenvalue weighted by Crippen LogP contribution is -2.31. The van der Waals surface area contributed by atoms with E-state index < -0.39 is 0 Å². The fraction of sp³-hybridized carbons (Fsp3) is 0.600. The van der Waals surface area contributed by atoms with Gasteiger partial charge in [-0.2, -0.15) is 0 Å². The minimum absolute atomic E-state index is 0.215. The predicted molar refractivity (Wildman–Crippen MR) is 79.7 cm³/mol. The number of halogens is 1. The van der Waals surface area contributed by atoms with Gasteiger partial charge < -0.3 is 15.2 Å². The number of likely N-dealkylation sites (tertiary alicyclic amines) is 1. The zero-order valence-corrected chi connectivity index (χ0v) is 12.4. The Bertz CT molecular complexity index is 475. The van der Waals surface area contributed by atoms with Crippen LogP contribution in [-0.4, -0.2) is 37.7 Å². The number of fused-ring (bicyclic) bond motifs is 1. The Balaban J connectivity index is 1.92. The van der Waals surface area contributed by atoms with Gasteiger partial charge in [-0.05, 0) is 43.6 Å². The smallest absolute Gasteiger partial charge is 0.179 e. The fourth-order valence-corrected chi connectivity index (χ4v) is 3.27. The first-order chi connectivity index (χ1) is 9.79. The van der Waals surface area contributed by atoms with Crippen molar-refractivity contribution >= 4 is 11.6 Å². The Hall–Kier alpha value is -0.970. The number of nitrogens with zero attached hydrogens (tertiary/aromatic N) is 1. The van der Waals surface area contributed by atoms with Crippen LogP contribution in [0.15, 0.2) is 12.1 Å². The zero-order chi connectivity index (χ0) is 13.9. The molecule has 110 valence electrons. The lowest BCUT2D eigenvalue weighted by Gasteiger charge is -2.27. The van der Waals surface area contributed by atoms with Gasteiger partial charge in [0, 0.05) is 19.0 Å². The van der Waals surface area contributed by atoms with Crippen molar-refractivity contribution in [1.29, 1.82) is 0 Å². The molecule has 0 radical (unpaired) electrons. The van der Waals surface area contributed by atoms with Gasteiger partial charge in [0.05, 0.1) is 18.2 Å². The van der Waals surface area contributed by atoms with E-state index in [9.17, 15) is 0 Å². The summed E-state index contributed by atoms with van der Waals surface area (Å²) in [5.41, 5.74) is 7.11. The third kappa shape index (κ3) is 2.73. The Morgan fingerprint density at radius 3 is 2.65 bits per heavy atom. The Kier molecular flexibility index (Phi) is 4.34. The summed E-state index contributed by atoms with van der Waals surface area (Å²) in [6, 6.07) is 4.24. The van der Waals surface area contributed by atoms with Gasteiger partial charge in [0.15, 0.2) is 11.5 Å². The van der Waals surface area contributed by atoms with Crippen molar-refractivity contribution in [3.8, 4) is 11.5 Å². The average molecular weight is 297 g/mol. The van der Waals surface area contributed by atoms with Gasteiger partial charge in [-0.3, -0.25) is 4.90 Å². The Morgan fingerprint density at radius 2 is 1.90 bits per heavy atom. The van der Waals surface area contributed by atoms with Crippen LogP contribution in [0.5, 0.6) is 11.5 Å². The van der Waals surface area contributed by atoms with Crippen LogP contribution in [0.3, 0.4) is 0 Å². The van der Waals surface area contributed by atoms with Crippen LogP contribution in [0.25, 0.3) is 0 Å². The molecule has 3 rings (SSSR count). The largest absolute Gasteiger partial charge is 0.489 e. The standard InChI is InChI=1S/C15H21ClN2O2/c16-12-8-11(13(10-17)18-4-1-2-5-18)9-14-15(12)20-7-3-6-19-14/h8-9,13H,1-7,10,17H2. The van der Waals surface area contributed by atoms with Gasteiger partial charge in [-0.25, -0.2) is 0 Å². The molecule has 4 nitrogen and oxygen atoms in total. The number of benzene rings is 1. The van der Waals surface area contributed by atoms with Crippen molar-refractivity contribution in [3.63, 3.8) is 0 Å². The summed E-state index contributed by atoms with van der Waals surface area (Å²) >= 11 is 6.36. The SMILES string of the molecule is NCC(c1cc(Cl)c2c(c1)OCCCO2)N1CCCC1. The second kappa shape index (κ2) is 6.20. The maximum absolute atomic E-state index is 6.36. The maximum atomic E-state index is 6.36. The molecule has 2 aliphatic rings. The third-order valence-corrected chi connectivity index (χ3v) is 4.29. The summed E-state index contributed by atoms with van der Waals surface area (Å²) in [5.74, 6) is 1.42. The summed E-state index contributed by atoms with van der Waals surface area (Å²) in [6.07, 6.45) is 3.37. The van der Waals surface area contributed by atoms with E-state index in [1.165, 1.54) is 12.8 Å². The molecular formula is C15H21ClN2O2. The lowest BCUT2D eigenvalue weighted by molar-refractivity contribution is 0.250. The molecule has 0 bridgehead atoms. The lowest BCUT2D eigenvalue weighted by atomic mass is 10.0. The molecule has 1 atom stereocenters. The van der Waals surface area contributed by atoms with E-state index in [1.807, 2.05) is 12.1 Å². The monoisotopic (exact) mass is 296 g/mol. The molecule has 1 saturated heterocycles. The van der Waals surface area contributed by atoms with E-state index in [0.717, 1.165) is 30.8 Å². The highest BCUT2D eigenvalue weighted by atomic mass is 35.5. The molecule has 1 aromatic rings. The highest BCUT2D eigenvalue weighted by Crippen LogP contribution is 2.40. The van der Waals surface area contributed by atoms with Crippen molar-refractivity contribution < 1.29 is 9.47 Å². The molecule has 0 spiro atoms. The van der Waals surface area contributed by atoms with Crippen molar-refractivity contribution in [2.45, 2.75) is 25.3 Å². The van der Waals surface area contributed by atoms with Gasteiger partial charge in [-0.15, -0.1) is 0 Å². The van der Waals surface area contributed by atoms with Crippen LogP contribution in [0.2, 0.25) is 5.02 Å². The third-order valence-electron chi connectivity index (χ3n) is 4.01. The Labute approximate surface area is 124 Å². The van der Waals surface area contributed by atoms with Crippen molar-refractivity contribution in [1.82, 2.24) is 4.90 Å². The number of hydrogen-bond acceptors (Lipinski definition) is 4. The molecule has 5 heteroatoms. The normalized spacial score (nSPS) is 20.7. The number of ether oxygens (including phenoxy) is 2. The summed E-state index contributed by atoms with van der Waals surface area (Å²) < 4.78 is 11.4. The zero-order valence-electron chi connectivity index (χ0n) is 11.6. The second-order valence-electron chi connectivity index (χ2n) is 5.38. The molecule has 2 N–H and O–H groups in total. The van der Waals surface area contributed by atoms with E-state index in [4.69, 9.17) is 26.8 Å². The first-order valence-corrected chi connectivity index (χ1v) is 7.70. The topological polar surface area (TPSA) is 47.7 Å². The van der Waals surface area contributed by atoms with E-state index in [0.29, 0.717) is 30.5 Å². The Morgan fingerprint density at radius 1 is 1.15 bits per heavy atom. The molecule has 1 unspecified atom stereocenters. The van der Waals surface area contributed by atoms with E-state index in [2.05, 4.69) is 4.90 Å². The quantitative estimate of drug-likeness (QED) is 0.931. The molecule has 0 aliphatic carbocycles. The maximum Gasteiger partial charge on any atom is 0.179 e. The van der Waals surface area contributed by atoms with Gasteiger partial charge in [0.1, 0.15) is 0 Å². The molecule has 0 saturated carbocycles. The van der Waals surface area contributed by atoms with Crippen molar-refractivity contribution in [3.05, 3.63) is 22.7 Å². The van der Waals surface area contributed by atoms with E-state index >= 15 is 0 Å². The second-order valence-corrected chi connectivity index (χ2v) is 5.78. The minimum Gasteiger partial charge on any atom is -0.489 e. The molecule has 20 heavy (non-hydrogen) atoms. The first kappa shape index (κ1) is 14.0. The highest BCUT2D eigenvalue weighted by molar-refractivity contribution is 6.32. The van der Waals surface area contributed by atoms with E-state index in [1.54, 1.807) is 0 Å². The molecule has 1 aromatic carbocycles. The van der Waals surface area contributed by atoms with Crippen LogP contribution in [-0.2, 0) is 0 Å². The first-order valence-electron chi connectivity index (χ1n) is 7.33. The highest BCUT2D eigenvalue weighted by Gasteiger charge is 2.25. The molecule has 0 amide bonds. The molecule has 2 heterocycles. The number of hydrogen-bond donors (Lipinski definition) is 1. The average Bonchev–Trinajstić information content (AvgIpc) is 2.85. The van der Waals surface area contributed by atoms with Crippen LogP contribution in [0.4, 0.5) is 0 Å². The van der Waals surface area contributed by atoms with Crippen LogP contribution in [0.1, 0.15) is 30.9 Å². The summed E-state index contributed by atoms with van der Waals surface area (Å²) in [4.78, 5) is 2.43. The van der Waals surface area contributed by atoms with Crippen molar-refractivity contribution in [2.24, 2.45) is 5.73 Å². The minimum atomic E-state index is 0.215. The van der Waals surface area contributed by atoms with Crippen LogP contribution < -0.4 is 15.2 Å².